The Hall–Kier alpha value is -3.92. The van der Waals surface area contributed by atoms with Crippen LogP contribution in [0.5, 0.6) is 0 Å². The minimum atomic E-state index is -0.946. The van der Waals surface area contributed by atoms with E-state index in [9.17, 15) is 27.9 Å². The Morgan fingerprint density at radius 1 is 1.03 bits per heavy atom. The number of aliphatic hydroxyl groups is 1. The Balaban J connectivity index is 1.68. The number of carbonyl (C=O) groups excluding carboxylic acids is 1. The maximum atomic E-state index is 13.7. The summed E-state index contributed by atoms with van der Waals surface area (Å²) in [7, 11) is 0. The molecule has 31 heavy (non-hydrogen) atoms. The molecular weight excluding hydrogens is 413 g/mol. The third kappa shape index (κ3) is 3.92. The third-order valence-corrected chi connectivity index (χ3v) is 4.65. The van der Waals surface area contributed by atoms with Crippen LogP contribution in [0, 0.1) is 17.5 Å². The average Bonchev–Trinajstić information content (AvgIpc) is 3.12. The molecule has 2 aromatic heterocycles. The first-order valence-electron chi connectivity index (χ1n) is 9.09. The van der Waals surface area contributed by atoms with E-state index >= 15 is 0 Å². The molecule has 2 aromatic carbocycles. The van der Waals surface area contributed by atoms with Crippen LogP contribution in [0.25, 0.3) is 16.8 Å². The smallest absolute Gasteiger partial charge is 0.277 e. The molecule has 2 N–H and O–H groups in total. The van der Waals surface area contributed by atoms with E-state index in [0.29, 0.717) is 17.3 Å². The van der Waals surface area contributed by atoms with Gasteiger partial charge < -0.3 is 15.0 Å². The Morgan fingerprint density at radius 3 is 2.42 bits per heavy atom. The van der Waals surface area contributed by atoms with Crippen molar-refractivity contribution < 1.29 is 23.1 Å². The molecule has 0 saturated heterocycles. The monoisotopic (exact) mass is 428 g/mol. The van der Waals surface area contributed by atoms with E-state index in [1.54, 1.807) is 0 Å². The second-order valence-corrected chi connectivity index (χ2v) is 6.69. The molecule has 0 spiro atoms. The summed E-state index contributed by atoms with van der Waals surface area (Å²) in [6.07, 6.45) is 2.74. The fraction of sp³-hybridized carbons (Fsp3) is 0.0952. The second kappa shape index (κ2) is 8.07. The van der Waals surface area contributed by atoms with Crippen molar-refractivity contribution in [2.75, 3.05) is 5.32 Å². The number of halogens is 3. The van der Waals surface area contributed by atoms with Gasteiger partial charge in [-0.3, -0.25) is 9.59 Å². The van der Waals surface area contributed by atoms with Crippen molar-refractivity contribution in [1.29, 1.82) is 0 Å². The van der Waals surface area contributed by atoms with Crippen molar-refractivity contribution in [2.24, 2.45) is 0 Å². The maximum absolute atomic E-state index is 13.7. The number of nitrogens with zero attached hydrogens (tertiary/aromatic N) is 3. The second-order valence-electron chi connectivity index (χ2n) is 6.69. The minimum Gasteiger partial charge on any atom is -0.392 e. The molecule has 1 amide bonds. The molecule has 0 radical (unpaired) electrons. The molecule has 7 nitrogen and oxygen atoms in total. The van der Waals surface area contributed by atoms with Crippen LogP contribution >= 0.6 is 0 Å². The molecule has 0 saturated carbocycles. The number of carbonyl (C=O) groups is 1. The van der Waals surface area contributed by atoms with E-state index in [4.69, 9.17) is 0 Å². The highest BCUT2D eigenvalue weighted by molar-refractivity contribution is 5.90. The normalized spacial score (nSPS) is 11.1. The number of benzene rings is 2. The van der Waals surface area contributed by atoms with E-state index in [0.717, 1.165) is 16.7 Å². The fourth-order valence-electron chi connectivity index (χ4n) is 3.20. The van der Waals surface area contributed by atoms with Gasteiger partial charge in [-0.1, -0.05) is 0 Å². The summed E-state index contributed by atoms with van der Waals surface area (Å²) in [5.74, 6) is -2.88. The van der Waals surface area contributed by atoms with Gasteiger partial charge in [-0.25, -0.2) is 17.7 Å². The summed E-state index contributed by atoms with van der Waals surface area (Å²) in [5, 5.41) is 16.4. The molecule has 0 unspecified atom stereocenters. The highest BCUT2D eigenvalue weighted by atomic mass is 19.1. The molecule has 10 heteroatoms. The summed E-state index contributed by atoms with van der Waals surface area (Å²) in [5.41, 5.74) is 0.238. The largest absolute Gasteiger partial charge is 0.392 e. The standard InChI is InChI=1S/C21H15F3N4O3/c22-13-3-1-12(2-4-13)19-15(11-29)20-21(31)27(7-8-28(20)26-19)10-18(30)25-17-6-5-14(23)9-16(17)24/h1-9,29H,10-11H2,(H,25,30). The van der Waals surface area contributed by atoms with Crippen LogP contribution in [-0.2, 0) is 17.9 Å². The van der Waals surface area contributed by atoms with Gasteiger partial charge >= 0.3 is 0 Å². The SMILES string of the molecule is O=C(Cn1ccn2nc(-c3ccc(F)cc3)c(CO)c2c1=O)Nc1ccc(F)cc1F. The number of aliphatic hydroxyl groups excluding tert-OH is 1. The van der Waals surface area contributed by atoms with Crippen molar-refractivity contribution >= 4 is 17.1 Å². The molecule has 0 aliphatic rings. The van der Waals surface area contributed by atoms with Gasteiger partial charge in [0.2, 0.25) is 5.91 Å². The number of nitrogens with one attached hydrogen (secondary N) is 1. The zero-order valence-corrected chi connectivity index (χ0v) is 15.8. The van der Waals surface area contributed by atoms with Crippen LogP contribution in [0.2, 0.25) is 0 Å². The highest BCUT2D eigenvalue weighted by Gasteiger charge is 2.19. The van der Waals surface area contributed by atoms with E-state index in [1.807, 2.05) is 0 Å². The van der Waals surface area contributed by atoms with Crippen LogP contribution in [0.1, 0.15) is 5.56 Å². The number of rotatable bonds is 5. The zero-order valence-electron chi connectivity index (χ0n) is 15.8. The number of fused-ring (bicyclic) bond motifs is 1. The lowest BCUT2D eigenvalue weighted by atomic mass is 10.1. The van der Waals surface area contributed by atoms with Gasteiger partial charge in [0.15, 0.2) is 0 Å². The van der Waals surface area contributed by atoms with Crippen molar-refractivity contribution in [3.05, 3.63) is 88.2 Å². The molecule has 0 atom stereocenters. The van der Waals surface area contributed by atoms with Crippen LogP contribution in [0.15, 0.2) is 59.7 Å². The van der Waals surface area contributed by atoms with Crippen molar-refractivity contribution in [3.63, 3.8) is 0 Å². The number of aromatic nitrogens is 3. The lowest BCUT2D eigenvalue weighted by Crippen LogP contribution is -2.28. The number of amides is 1. The summed E-state index contributed by atoms with van der Waals surface area (Å²) in [4.78, 5) is 25.2. The van der Waals surface area contributed by atoms with Crippen LogP contribution in [0.4, 0.5) is 18.9 Å². The van der Waals surface area contributed by atoms with Gasteiger partial charge in [-0.05, 0) is 36.4 Å². The Morgan fingerprint density at radius 2 is 1.74 bits per heavy atom. The minimum absolute atomic E-state index is 0.0464. The lowest BCUT2D eigenvalue weighted by Gasteiger charge is -2.09. The van der Waals surface area contributed by atoms with Crippen molar-refractivity contribution in [2.45, 2.75) is 13.2 Å². The molecule has 4 aromatic rings. The predicted molar refractivity (Wildman–Crippen MR) is 106 cm³/mol. The molecule has 4 rings (SSSR count). The number of hydrogen-bond acceptors (Lipinski definition) is 4. The van der Waals surface area contributed by atoms with Gasteiger partial charge in [-0.2, -0.15) is 5.10 Å². The van der Waals surface area contributed by atoms with Crippen LogP contribution in [0.3, 0.4) is 0 Å². The average molecular weight is 428 g/mol. The maximum Gasteiger partial charge on any atom is 0.277 e. The lowest BCUT2D eigenvalue weighted by molar-refractivity contribution is -0.116. The zero-order chi connectivity index (χ0) is 22.1. The first kappa shape index (κ1) is 20.4. The van der Waals surface area contributed by atoms with Gasteiger partial charge in [0.1, 0.15) is 29.5 Å². The number of anilines is 1. The van der Waals surface area contributed by atoms with Crippen molar-refractivity contribution in [3.8, 4) is 11.3 Å². The molecule has 0 aliphatic heterocycles. The summed E-state index contributed by atoms with van der Waals surface area (Å²) in [6.45, 7) is -0.962. The van der Waals surface area contributed by atoms with E-state index in [2.05, 4.69) is 10.4 Å². The fourth-order valence-corrected chi connectivity index (χ4v) is 3.20. The molecular formula is C21H15F3N4O3. The van der Waals surface area contributed by atoms with Gasteiger partial charge in [0.25, 0.3) is 5.56 Å². The molecule has 0 aliphatic carbocycles. The quantitative estimate of drug-likeness (QED) is 0.512. The predicted octanol–water partition coefficient (Wildman–Crippen LogP) is 2.71. The van der Waals surface area contributed by atoms with E-state index < -0.39 is 42.1 Å². The van der Waals surface area contributed by atoms with Gasteiger partial charge in [-0.15, -0.1) is 0 Å². The van der Waals surface area contributed by atoms with Gasteiger partial charge in [0, 0.05) is 29.6 Å². The summed E-state index contributed by atoms with van der Waals surface area (Å²) < 4.78 is 42.3. The Labute approximate surface area is 173 Å². The third-order valence-electron chi connectivity index (χ3n) is 4.65. The molecule has 2 heterocycles. The van der Waals surface area contributed by atoms with Crippen LogP contribution in [-0.4, -0.2) is 25.2 Å². The van der Waals surface area contributed by atoms with E-state index in [1.165, 1.54) is 41.2 Å². The Bertz CT molecular complexity index is 1350. The summed E-state index contributed by atoms with van der Waals surface area (Å²) in [6, 6.07) is 8.11. The first-order chi connectivity index (χ1) is 14.9. The van der Waals surface area contributed by atoms with Gasteiger partial charge in [0.05, 0.1) is 18.0 Å². The number of hydrogen-bond donors (Lipinski definition) is 2. The Kier molecular flexibility index (Phi) is 5.30. The summed E-state index contributed by atoms with van der Waals surface area (Å²) >= 11 is 0. The molecule has 158 valence electrons. The van der Waals surface area contributed by atoms with Crippen LogP contribution < -0.4 is 10.9 Å². The topological polar surface area (TPSA) is 88.6 Å². The highest BCUT2D eigenvalue weighted by Crippen LogP contribution is 2.25. The van der Waals surface area contributed by atoms with E-state index in [-0.39, 0.29) is 16.8 Å². The first-order valence-corrected chi connectivity index (χ1v) is 9.09. The molecule has 0 bridgehead atoms. The molecule has 0 fully saturated rings. The van der Waals surface area contributed by atoms with Crippen molar-refractivity contribution in [1.82, 2.24) is 14.2 Å².